The van der Waals surface area contributed by atoms with E-state index in [-0.39, 0.29) is 34.4 Å². The Morgan fingerprint density at radius 1 is 1.07 bits per heavy atom. The summed E-state index contributed by atoms with van der Waals surface area (Å²) in [6.45, 7) is 3.42. The van der Waals surface area contributed by atoms with Gasteiger partial charge in [-0.25, -0.2) is 4.79 Å². The SMILES string of the molecule is CCCCOC(=O)c1cc(NC(=O)CN2C(=O)S/C(=C\c3ccc(OCC(N)=O)c(OCC)c3)C2=O)ccc1Cl. The molecule has 1 aliphatic heterocycles. The molecule has 0 unspecified atom stereocenters. The second-order valence-electron chi connectivity index (χ2n) is 8.39. The average Bonchev–Trinajstić information content (AvgIpc) is 3.16. The van der Waals surface area contributed by atoms with Gasteiger partial charge in [0, 0.05) is 5.69 Å². The molecular formula is C27H28ClN3O8S. The number of benzene rings is 2. The van der Waals surface area contributed by atoms with Crippen molar-refractivity contribution < 1.29 is 38.2 Å². The maximum absolute atomic E-state index is 12.9. The van der Waals surface area contributed by atoms with Crippen LogP contribution in [0.25, 0.3) is 6.08 Å². The highest BCUT2D eigenvalue weighted by Gasteiger charge is 2.36. The fourth-order valence-corrected chi connectivity index (χ4v) is 4.46. The van der Waals surface area contributed by atoms with Crippen molar-refractivity contribution >= 4 is 64.1 Å². The lowest BCUT2D eigenvalue weighted by atomic mass is 10.2. The van der Waals surface area contributed by atoms with Gasteiger partial charge in [-0.2, -0.15) is 0 Å². The molecule has 4 amide bonds. The number of nitrogens with zero attached hydrogens (tertiary/aromatic N) is 1. The van der Waals surface area contributed by atoms with Gasteiger partial charge in [0.1, 0.15) is 6.54 Å². The molecule has 0 aliphatic carbocycles. The molecular weight excluding hydrogens is 562 g/mol. The molecule has 2 aromatic carbocycles. The number of nitrogens with one attached hydrogen (secondary N) is 1. The molecule has 0 spiro atoms. The number of carbonyl (C=O) groups excluding carboxylic acids is 5. The lowest BCUT2D eigenvalue weighted by molar-refractivity contribution is -0.127. The minimum absolute atomic E-state index is 0.0853. The van der Waals surface area contributed by atoms with Gasteiger partial charge < -0.3 is 25.3 Å². The van der Waals surface area contributed by atoms with E-state index in [4.69, 9.17) is 31.5 Å². The number of amides is 4. The van der Waals surface area contributed by atoms with E-state index in [1.807, 2.05) is 6.92 Å². The molecule has 0 radical (unpaired) electrons. The Labute approximate surface area is 239 Å². The molecule has 0 bridgehead atoms. The number of imide groups is 1. The maximum Gasteiger partial charge on any atom is 0.339 e. The Morgan fingerprint density at radius 3 is 2.55 bits per heavy atom. The number of rotatable bonds is 13. The summed E-state index contributed by atoms with van der Waals surface area (Å²) in [7, 11) is 0. The van der Waals surface area contributed by atoms with Crippen LogP contribution in [0.4, 0.5) is 10.5 Å². The molecule has 0 aromatic heterocycles. The third-order valence-electron chi connectivity index (χ3n) is 5.31. The van der Waals surface area contributed by atoms with Gasteiger partial charge in [-0.3, -0.25) is 24.1 Å². The molecule has 0 atom stereocenters. The van der Waals surface area contributed by atoms with Crippen LogP contribution in [0.2, 0.25) is 5.02 Å². The van der Waals surface area contributed by atoms with Gasteiger partial charge in [0.25, 0.3) is 17.1 Å². The smallest absolute Gasteiger partial charge is 0.339 e. The van der Waals surface area contributed by atoms with Crippen LogP contribution in [-0.4, -0.2) is 60.2 Å². The summed E-state index contributed by atoms with van der Waals surface area (Å²) in [6.07, 6.45) is 3.05. The normalized spacial score (nSPS) is 13.9. The Balaban J connectivity index is 1.68. The van der Waals surface area contributed by atoms with Crippen molar-refractivity contribution in [2.45, 2.75) is 26.7 Å². The number of halogens is 1. The van der Waals surface area contributed by atoms with Gasteiger partial charge in [0.2, 0.25) is 5.91 Å². The quantitative estimate of drug-likeness (QED) is 0.198. The van der Waals surface area contributed by atoms with Crippen molar-refractivity contribution in [1.29, 1.82) is 0 Å². The van der Waals surface area contributed by atoms with Gasteiger partial charge in [-0.05, 0) is 67.1 Å². The second-order valence-corrected chi connectivity index (χ2v) is 9.79. The molecule has 1 aliphatic rings. The molecule has 1 fully saturated rings. The van der Waals surface area contributed by atoms with Crippen molar-refractivity contribution in [3.8, 4) is 11.5 Å². The largest absolute Gasteiger partial charge is 0.490 e. The minimum atomic E-state index is -0.648. The predicted octanol–water partition coefficient (Wildman–Crippen LogP) is 4.23. The van der Waals surface area contributed by atoms with Gasteiger partial charge in [-0.15, -0.1) is 0 Å². The summed E-state index contributed by atoms with van der Waals surface area (Å²) in [4.78, 5) is 62.4. The van der Waals surface area contributed by atoms with Crippen LogP contribution in [0.1, 0.15) is 42.6 Å². The highest BCUT2D eigenvalue weighted by molar-refractivity contribution is 8.18. The molecule has 0 saturated carbocycles. The topological polar surface area (TPSA) is 154 Å². The van der Waals surface area contributed by atoms with Crippen molar-refractivity contribution in [3.63, 3.8) is 0 Å². The summed E-state index contributed by atoms with van der Waals surface area (Å²) in [5.74, 6) is -1.94. The Bertz CT molecular complexity index is 1350. The van der Waals surface area contributed by atoms with Gasteiger partial charge in [-0.1, -0.05) is 31.0 Å². The van der Waals surface area contributed by atoms with Gasteiger partial charge in [0.15, 0.2) is 18.1 Å². The first-order chi connectivity index (χ1) is 19.1. The zero-order valence-corrected chi connectivity index (χ0v) is 23.4. The van der Waals surface area contributed by atoms with Crippen molar-refractivity contribution in [2.75, 3.05) is 31.7 Å². The second kappa shape index (κ2) is 14.4. The minimum Gasteiger partial charge on any atom is -0.490 e. The van der Waals surface area contributed by atoms with Crippen LogP contribution in [0, 0.1) is 0 Å². The number of primary amides is 1. The summed E-state index contributed by atoms with van der Waals surface area (Å²) < 4.78 is 16.1. The lowest BCUT2D eigenvalue weighted by Gasteiger charge is -2.13. The molecule has 1 heterocycles. The van der Waals surface area contributed by atoms with E-state index in [0.29, 0.717) is 41.9 Å². The summed E-state index contributed by atoms with van der Waals surface area (Å²) in [5.41, 5.74) is 5.99. The third kappa shape index (κ3) is 8.23. The number of anilines is 1. The van der Waals surface area contributed by atoms with Gasteiger partial charge in [0.05, 0.1) is 28.7 Å². The van der Waals surface area contributed by atoms with Crippen molar-refractivity contribution in [1.82, 2.24) is 4.90 Å². The highest BCUT2D eigenvalue weighted by atomic mass is 35.5. The first-order valence-corrected chi connectivity index (χ1v) is 13.5. The van der Waals surface area contributed by atoms with E-state index in [9.17, 15) is 24.0 Å². The number of hydrogen-bond donors (Lipinski definition) is 2. The lowest BCUT2D eigenvalue weighted by Crippen LogP contribution is -2.36. The molecule has 212 valence electrons. The summed E-state index contributed by atoms with van der Waals surface area (Å²) in [6, 6.07) is 9.06. The van der Waals surface area contributed by atoms with Crippen molar-refractivity contribution in [3.05, 3.63) is 57.5 Å². The molecule has 1 saturated heterocycles. The van der Waals surface area contributed by atoms with Crippen LogP contribution in [0.3, 0.4) is 0 Å². The van der Waals surface area contributed by atoms with E-state index in [1.54, 1.807) is 25.1 Å². The molecule has 11 nitrogen and oxygen atoms in total. The number of thioether (sulfide) groups is 1. The molecule has 3 rings (SSSR count). The Hall–Kier alpha value is -4.03. The number of unbranched alkanes of at least 4 members (excludes halogenated alkanes) is 1. The van der Waals surface area contributed by atoms with Crippen molar-refractivity contribution in [2.24, 2.45) is 5.73 Å². The first kappa shape index (κ1) is 30.5. The van der Waals surface area contributed by atoms with Crippen LogP contribution in [0.5, 0.6) is 11.5 Å². The number of ether oxygens (including phenoxy) is 3. The Kier molecular flexibility index (Phi) is 11.0. The standard InChI is InChI=1S/C27H28ClN3O8S/c1-3-5-10-38-26(35)18-13-17(7-8-19(18)28)30-24(33)14-31-25(34)22(40-27(31)36)12-16-6-9-20(39-15-23(29)32)21(11-16)37-4-2/h6-9,11-13H,3-5,10,14-15H2,1-2H3,(H2,29,32)(H,30,33)/b22-12-. The number of carbonyl (C=O) groups is 5. The maximum atomic E-state index is 12.9. The zero-order chi connectivity index (χ0) is 29.2. The van der Waals surface area contributed by atoms with Crippen LogP contribution >= 0.6 is 23.4 Å². The van der Waals surface area contributed by atoms with E-state index < -0.39 is 35.5 Å². The monoisotopic (exact) mass is 589 g/mol. The summed E-state index contributed by atoms with van der Waals surface area (Å²) in [5, 5.41) is 2.11. The molecule has 3 N–H and O–H groups in total. The number of nitrogens with two attached hydrogens (primary N) is 1. The fourth-order valence-electron chi connectivity index (χ4n) is 3.43. The zero-order valence-electron chi connectivity index (χ0n) is 21.9. The van der Waals surface area contributed by atoms with E-state index in [2.05, 4.69) is 5.32 Å². The average molecular weight is 590 g/mol. The summed E-state index contributed by atoms with van der Waals surface area (Å²) >= 11 is 6.80. The molecule has 2 aromatic rings. The number of esters is 1. The van der Waals surface area contributed by atoms with E-state index in [0.717, 1.165) is 11.3 Å². The number of hydrogen-bond acceptors (Lipinski definition) is 9. The predicted molar refractivity (Wildman–Crippen MR) is 150 cm³/mol. The fraction of sp³-hybridized carbons (Fsp3) is 0.296. The van der Waals surface area contributed by atoms with Crippen LogP contribution in [0.15, 0.2) is 41.3 Å². The molecule has 13 heteroatoms. The third-order valence-corrected chi connectivity index (χ3v) is 6.55. The first-order valence-electron chi connectivity index (χ1n) is 12.3. The Morgan fingerprint density at radius 2 is 1.85 bits per heavy atom. The molecule has 40 heavy (non-hydrogen) atoms. The van der Waals surface area contributed by atoms with Gasteiger partial charge >= 0.3 is 5.97 Å². The van der Waals surface area contributed by atoms with E-state index in [1.165, 1.54) is 24.3 Å². The van der Waals surface area contributed by atoms with Crippen LogP contribution in [-0.2, 0) is 19.1 Å². The van der Waals surface area contributed by atoms with Crippen LogP contribution < -0.4 is 20.5 Å². The highest BCUT2D eigenvalue weighted by Crippen LogP contribution is 2.34. The van der Waals surface area contributed by atoms with E-state index >= 15 is 0 Å².